The number of hydrogen-bond acceptors (Lipinski definition) is 3. The van der Waals surface area contributed by atoms with Crippen LogP contribution in [0.4, 0.5) is 0 Å². The summed E-state index contributed by atoms with van der Waals surface area (Å²) in [6.45, 7) is 2.62. The largest absolute Gasteiger partial charge is 0.493 e. The van der Waals surface area contributed by atoms with Crippen LogP contribution in [0.5, 0.6) is 5.75 Å². The van der Waals surface area contributed by atoms with Crippen LogP contribution in [0.1, 0.15) is 5.56 Å². The Morgan fingerprint density at radius 1 is 1.29 bits per heavy atom. The van der Waals surface area contributed by atoms with E-state index in [1.165, 1.54) is 5.56 Å². The fraction of sp³-hybridized carbons (Fsp3) is 0.308. The number of rotatable bonds is 6. The van der Waals surface area contributed by atoms with Gasteiger partial charge in [-0.15, -0.1) is 0 Å². The predicted octanol–water partition coefficient (Wildman–Crippen LogP) is 1.68. The number of methoxy groups -OCH3 is 1. The molecule has 0 spiro atoms. The van der Waals surface area contributed by atoms with Crippen LogP contribution in [0.2, 0.25) is 0 Å². The summed E-state index contributed by atoms with van der Waals surface area (Å²) in [4.78, 5) is 0. The first-order chi connectivity index (χ1) is 8.38. The lowest BCUT2D eigenvalue weighted by Crippen LogP contribution is -2.19. The normalized spacial score (nSPS) is 10.4. The highest BCUT2D eigenvalue weighted by molar-refractivity contribution is 5.14. The molecule has 0 fully saturated rings. The van der Waals surface area contributed by atoms with Gasteiger partial charge in [0.2, 0.25) is 0 Å². The van der Waals surface area contributed by atoms with E-state index in [-0.39, 0.29) is 0 Å². The van der Waals surface area contributed by atoms with Gasteiger partial charge in [-0.3, -0.25) is 4.68 Å². The number of hydrogen-bond donors (Lipinski definition) is 1. The lowest BCUT2D eigenvalue weighted by atomic mass is 10.2. The van der Waals surface area contributed by atoms with E-state index in [0.717, 1.165) is 25.4 Å². The molecule has 90 valence electrons. The molecule has 1 heterocycles. The highest BCUT2D eigenvalue weighted by Crippen LogP contribution is 2.05. The van der Waals surface area contributed by atoms with Crippen LogP contribution in [-0.4, -0.2) is 23.4 Å². The topological polar surface area (TPSA) is 39.1 Å². The molecule has 0 aliphatic heterocycles. The molecule has 17 heavy (non-hydrogen) atoms. The van der Waals surface area contributed by atoms with Gasteiger partial charge in [-0.2, -0.15) is 5.10 Å². The van der Waals surface area contributed by atoms with Crippen LogP contribution in [0.3, 0.4) is 0 Å². The second kappa shape index (κ2) is 6.06. The maximum absolute atomic E-state index is 5.07. The summed E-state index contributed by atoms with van der Waals surface area (Å²) < 4.78 is 6.94. The highest BCUT2D eigenvalue weighted by Gasteiger charge is 1.97. The number of nitrogens with zero attached hydrogens (tertiary/aromatic N) is 2. The average Bonchev–Trinajstić information content (AvgIpc) is 2.84. The van der Waals surface area contributed by atoms with Crippen LogP contribution >= 0.6 is 0 Å². The third-order valence-electron chi connectivity index (χ3n) is 2.53. The van der Waals surface area contributed by atoms with Gasteiger partial charge in [-0.05, 0) is 5.56 Å². The molecule has 1 aromatic heterocycles. The van der Waals surface area contributed by atoms with Gasteiger partial charge in [-0.25, -0.2) is 0 Å². The summed E-state index contributed by atoms with van der Waals surface area (Å²) >= 11 is 0. The third kappa shape index (κ3) is 3.60. The molecular weight excluding hydrogens is 214 g/mol. The quantitative estimate of drug-likeness (QED) is 0.769. The van der Waals surface area contributed by atoms with E-state index in [1.807, 2.05) is 16.9 Å². The molecule has 4 nitrogen and oxygen atoms in total. The first-order valence-corrected chi connectivity index (χ1v) is 5.69. The Bertz CT molecular complexity index is 439. The molecule has 0 atom stereocenters. The van der Waals surface area contributed by atoms with Gasteiger partial charge >= 0.3 is 0 Å². The Morgan fingerprint density at radius 2 is 2.12 bits per heavy atom. The summed E-state index contributed by atoms with van der Waals surface area (Å²) in [6, 6.07) is 10.4. The molecule has 1 N–H and O–H groups in total. The van der Waals surface area contributed by atoms with E-state index in [4.69, 9.17) is 4.74 Å². The van der Waals surface area contributed by atoms with Crippen molar-refractivity contribution >= 4 is 0 Å². The van der Waals surface area contributed by atoms with Crippen molar-refractivity contribution in [3.05, 3.63) is 48.3 Å². The molecule has 4 heteroatoms. The maximum Gasteiger partial charge on any atom is 0.156 e. The lowest BCUT2D eigenvalue weighted by molar-refractivity contribution is 0.413. The summed E-state index contributed by atoms with van der Waals surface area (Å²) in [5, 5.41) is 7.56. The highest BCUT2D eigenvalue weighted by atomic mass is 16.5. The number of nitrogens with one attached hydrogen (secondary N) is 1. The Labute approximate surface area is 101 Å². The molecule has 0 amide bonds. The molecule has 0 saturated carbocycles. The van der Waals surface area contributed by atoms with E-state index >= 15 is 0 Å². The van der Waals surface area contributed by atoms with Gasteiger partial charge in [0.25, 0.3) is 0 Å². The van der Waals surface area contributed by atoms with Gasteiger partial charge in [0.05, 0.1) is 26.0 Å². The minimum Gasteiger partial charge on any atom is -0.493 e. The average molecular weight is 231 g/mol. The zero-order valence-electron chi connectivity index (χ0n) is 9.97. The fourth-order valence-corrected chi connectivity index (χ4v) is 1.59. The third-order valence-corrected chi connectivity index (χ3v) is 2.53. The number of aromatic nitrogens is 2. The van der Waals surface area contributed by atoms with Crippen molar-refractivity contribution in [2.24, 2.45) is 0 Å². The Kier molecular flexibility index (Phi) is 4.16. The SMILES string of the molecule is COc1cnn(CCNCc2ccccc2)c1. The molecule has 0 saturated heterocycles. The Hall–Kier alpha value is -1.81. The maximum atomic E-state index is 5.07. The van der Waals surface area contributed by atoms with Crippen molar-refractivity contribution < 1.29 is 4.74 Å². The molecular formula is C13H17N3O. The van der Waals surface area contributed by atoms with E-state index in [1.54, 1.807) is 13.3 Å². The molecule has 2 rings (SSSR count). The van der Waals surface area contributed by atoms with Gasteiger partial charge < -0.3 is 10.1 Å². The second-order valence-corrected chi connectivity index (χ2v) is 3.81. The van der Waals surface area contributed by atoms with Crippen molar-refractivity contribution in [2.45, 2.75) is 13.1 Å². The first kappa shape index (κ1) is 11.7. The van der Waals surface area contributed by atoms with E-state index in [0.29, 0.717) is 0 Å². The Morgan fingerprint density at radius 3 is 2.82 bits per heavy atom. The van der Waals surface area contributed by atoms with E-state index in [9.17, 15) is 0 Å². The second-order valence-electron chi connectivity index (χ2n) is 3.81. The minimum atomic E-state index is 0.799. The standard InChI is InChI=1S/C13H17N3O/c1-17-13-10-15-16(11-13)8-7-14-9-12-5-3-2-4-6-12/h2-6,10-11,14H,7-9H2,1H3. The minimum absolute atomic E-state index is 0.799. The summed E-state index contributed by atoms with van der Waals surface area (Å²) in [5.41, 5.74) is 1.30. The zero-order valence-corrected chi connectivity index (χ0v) is 9.97. The van der Waals surface area contributed by atoms with Crippen molar-refractivity contribution in [2.75, 3.05) is 13.7 Å². The molecule has 0 bridgehead atoms. The van der Waals surface area contributed by atoms with Crippen molar-refractivity contribution in [3.8, 4) is 5.75 Å². The summed E-state index contributed by atoms with van der Waals surface area (Å²) in [6.07, 6.45) is 3.61. The molecule has 2 aromatic rings. The first-order valence-electron chi connectivity index (χ1n) is 5.69. The predicted molar refractivity (Wildman–Crippen MR) is 66.9 cm³/mol. The monoisotopic (exact) mass is 231 g/mol. The molecule has 0 aliphatic carbocycles. The van der Waals surface area contributed by atoms with Gasteiger partial charge in [-0.1, -0.05) is 30.3 Å². The smallest absolute Gasteiger partial charge is 0.156 e. The summed E-state index contributed by atoms with van der Waals surface area (Å²) in [7, 11) is 1.65. The lowest BCUT2D eigenvalue weighted by Gasteiger charge is -2.04. The van der Waals surface area contributed by atoms with Crippen molar-refractivity contribution in [1.82, 2.24) is 15.1 Å². The fourth-order valence-electron chi connectivity index (χ4n) is 1.59. The summed E-state index contributed by atoms with van der Waals surface area (Å²) in [5.74, 6) is 0.799. The van der Waals surface area contributed by atoms with Gasteiger partial charge in [0.15, 0.2) is 5.75 Å². The Balaban J connectivity index is 1.69. The number of benzene rings is 1. The van der Waals surface area contributed by atoms with Crippen LogP contribution < -0.4 is 10.1 Å². The number of ether oxygens (including phenoxy) is 1. The van der Waals surface area contributed by atoms with Crippen LogP contribution in [0.15, 0.2) is 42.7 Å². The molecule has 1 aromatic carbocycles. The molecule has 0 radical (unpaired) electrons. The van der Waals surface area contributed by atoms with Crippen LogP contribution in [0.25, 0.3) is 0 Å². The van der Waals surface area contributed by atoms with E-state index < -0.39 is 0 Å². The van der Waals surface area contributed by atoms with Crippen LogP contribution in [0, 0.1) is 0 Å². The van der Waals surface area contributed by atoms with Gasteiger partial charge in [0.1, 0.15) is 0 Å². The van der Waals surface area contributed by atoms with Crippen molar-refractivity contribution in [3.63, 3.8) is 0 Å². The zero-order chi connectivity index (χ0) is 11.9. The molecule has 0 aliphatic rings. The van der Waals surface area contributed by atoms with Gasteiger partial charge in [0, 0.05) is 13.1 Å². The molecule has 0 unspecified atom stereocenters. The van der Waals surface area contributed by atoms with Crippen molar-refractivity contribution in [1.29, 1.82) is 0 Å². The van der Waals surface area contributed by atoms with E-state index in [2.05, 4.69) is 34.7 Å². The van der Waals surface area contributed by atoms with Crippen LogP contribution in [-0.2, 0) is 13.1 Å².